The molecule has 0 unspecified atom stereocenters. The largest absolute Gasteiger partial charge is 0.347 e. The number of nitrogens with zero attached hydrogens (tertiary/aromatic N) is 6. The highest BCUT2D eigenvalue weighted by molar-refractivity contribution is 5.80. The second-order valence-electron chi connectivity index (χ2n) is 6.26. The van der Waals surface area contributed by atoms with Crippen LogP contribution in [-0.4, -0.2) is 69.0 Å². The Morgan fingerprint density at radius 2 is 2.08 bits per heavy atom. The average Bonchev–Trinajstić information content (AvgIpc) is 3.15. The van der Waals surface area contributed by atoms with Crippen LogP contribution in [-0.2, 0) is 11.3 Å². The summed E-state index contributed by atoms with van der Waals surface area (Å²) in [6.07, 6.45) is 4.72. The van der Waals surface area contributed by atoms with Crippen molar-refractivity contribution in [2.24, 2.45) is 5.92 Å². The number of likely N-dealkylation sites (tertiary alicyclic amines) is 1. The lowest BCUT2D eigenvalue weighted by atomic mass is 9.97. The third-order valence-electron chi connectivity index (χ3n) is 4.09. The first-order chi connectivity index (χ1) is 12.5. The number of carbonyl (C=O) groups is 2. The number of aromatic nitrogens is 4. The van der Waals surface area contributed by atoms with Crippen LogP contribution in [0, 0.1) is 5.92 Å². The molecule has 3 heterocycles. The van der Waals surface area contributed by atoms with Crippen LogP contribution < -0.4 is 5.32 Å². The van der Waals surface area contributed by atoms with Gasteiger partial charge in [0.2, 0.25) is 23.4 Å². The average molecular weight is 359 g/mol. The zero-order valence-electron chi connectivity index (χ0n) is 14.8. The van der Waals surface area contributed by atoms with Crippen LogP contribution in [0.5, 0.6) is 0 Å². The van der Waals surface area contributed by atoms with Gasteiger partial charge in [-0.3, -0.25) is 4.79 Å². The van der Waals surface area contributed by atoms with Gasteiger partial charge < -0.3 is 19.6 Å². The summed E-state index contributed by atoms with van der Waals surface area (Å²) in [7, 11) is 3.41. The Balaban J connectivity index is 1.54. The third kappa shape index (κ3) is 4.13. The molecule has 0 spiro atoms. The Bertz CT molecular complexity index is 762. The van der Waals surface area contributed by atoms with Gasteiger partial charge in [0.25, 0.3) is 0 Å². The van der Waals surface area contributed by atoms with Gasteiger partial charge in [-0.1, -0.05) is 5.16 Å². The Labute approximate surface area is 150 Å². The Morgan fingerprint density at radius 1 is 1.31 bits per heavy atom. The first kappa shape index (κ1) is 17.8. The lowest BCUT2D eigenvalue weighted by Crippen LogP contribution is -2.48. The van der Waals surface area contributed by atoms with Crippen molar-refractivity contribution in [1.29, 1.82) is 0 Å². The molecule has 10 nitrogen and oxygen atoms in total. The lowest BCUT2D eigenvalue weighted by molar-refractivity contribution is -0.126. The molecule has 1 saturated heterocycles. The molecule has 1 aliphatic heterocycles. The maximum Gasteiger partial charge on any atom is 0.319 e. The van der Waals surface area contributed by atoms with Gasteiger partial charge in [-0.25, -0.2) is 14.8 Å². The quantitative estimate of drug-likeness (QED) is 0.846. The lowest BCUT2D eigenvalue weighted by Gasteiger charge is -2.33. The van der Waals surface area contributed by atoms with Crippen molar-refractivity contribution in [1.82, 2.24) is 35.2 Å². The molecule has 3 amide bonds. The fraction of sp³-hybridized carbons (Fsp3) is 0.500. The first-order valence-corrected chi connectivity index (χ1v) is 8.38. The number of carbonyl (C=O) groups excluding carboxylic acids is 2. The van der Waals surface area contributed by atoms with Crippen LogP contribution in [0.25, 0.3) is 11.6 Å². The number of urea groups is 1. The van der Waals surface area contributed by atoms with E-state index in [4.69, 9.17) is 4.52 Å². The highest BCUT2D eigenvalue weighted by Crippen LogP contribution is 2.18. The normalized spacial score (nSPS) is 17.0. The summed E-state index contributed by atoms with van der Waals surface area (Å²) in [5, 5.41) is 6.61. The van der Waals surface area contributed by atoms with E-state index in [1.54, 1.807) is 37.5 Å². The minimum Gasteiger partial charge on any atom is -0.347 e. The highest BCUT2D eigenvalue weighted by atomic mass is 16.5. The van der Waals surface area contributed by atoms with Gasteiger partial charge in [0.15, 0.2) is 0 Å². The molecule has 1 aliphatic rings. The van der Waals surface area contributed by atoms with Crippen LogP contribution in [0.4, 0.5) is 4.79 Å². The van der Waals surface area contributed by atoms with E-state index in [9.17, 15) is 9.59 Å². The predicted molar refractivity (Wildman–Crippen MR) is 90.6 cm³/mol. The highest BCUT2D eigenvalue weighted by Gasteiger charge is 2.29. The molecular formula is C16H21N7O3. The number of piperidine rings is 1. The Hall–Kier alpha value is -3.04. The molecule has 0 bridgehead atoms. The smallest absolute Gasteiger partial charge is 0.319 e. The molecular weight excluding hydrogens is 338 g/mol. The summed E-state index contributed by atoms with van der Waals surface area (Å²) in [5.74, 6) is 0.538. The second-order valence-corrected chi connectivity index (χ2v) is 6.26. The fourth-order valence-corrected chi connectivity index (χ4v) is 2.79. The van der Waals surface area contributed by atoms with Crippen LogP contribution in [0.2, 0.25) is 0 Å². The molecule has 26 heavy (non-hydrogen) atoms. The van der Waals surface area contributed by atoms with E-state index in [0.717, 1.165) is 12.8 Å². The van der Waals surface area contributed by atoms with Crippen molar-refractivity contribution < 1.29 is 14.1 Å². The van der Waals surface area contributed by atoms with E-state index >= 15 is 0 Å². The van der Waals surface area contributed by atoms with Gasteiger partial charge in [0, 0.05) is 39.6 Å². The Morgan fingerprint density at radius 3 is 2.81 bits per heavy atom. The molecule has 1 atom stereocenters. The molecule has 2 aromatic heterocycles. The molecule has 1 fully saturated rings. The topological polar surface area (TPSA) is 117 Å². The van der Waals surface area contributed by atoms with Gasteiger partial charge in [-0.15, -0.1) is 0 Å². The minimum atomic E-state index is -0.243. The van der Waals surface area contributed by atoms with Gasteiger partial charge in [-0.2, -0.15) is 4.98 Å². The van der Waals surface area contributed by atoms with Crippen molar-refractivity contribution >= 4 is 11.9 Å². The van der Waals surface area contributed by atoms with Crippen LogP contribution in [0.1, 0.15) is 18.7 Å². The van der Waals surface area contributed by atoms with E-state index < -0.39 is 0 Å². The molecule has 1 N–H and O–H groups in total. The third-order valence-corrected chi connectivity index (χ3v) is 4.09. The zero-order valence-corrected chi connectivity index (χ0v) is 14.8. The van der Waals surface area contributed by atoms with Gasteiger partial charge >= 0.3 is 6.03 Å². The van der Waals surface area contributed by atoms with Crippen molar-refractivity contribution in [3.63, 3.8) is 0 Å². The van der Waals surface area contributed by atoms with Crippen molar-refractivity contribution in [3.8, 4) is 11.6 Å². The van der Waals surface area contributed by atoms with Gasteiger partial charge in [0.1, 0.15) is 0 Å². The number of nitrogens with one attached hydrogen (secondary N) is 1. The number of hydrogen-bond donors (Lipinski definition) is 1. The molecule has 0 radical (unpaired) electrons. The van der Waals surface area contributed by atoms with E-state index in [-0.39, 0.29) is 36.1 Å². The van der Waals surface area contributed by atoms with E-state index in [0.29, 0.717) is 18.9 Å². The van der Waals surface area contributed by atoms with Crippen molar-refractivity contribution in [2.75, 3.05) is 27.2 Å². The summed E-state index contributed by atoms with van der Waals surface area (Å²) >= 11 is 0. The number of hydrogen-bond acceptors (Lipinski definition) is 7. The molecule has 2 aromatic rings. The molecule has 138 valence electrons. The van der Waals surface area contributed by atoms with Crippen molar-refractivity contribution in [2.45, 2.75) is 19.4 Å². The number of rotatable bonds is 4. The summed E-state index contributed by atoms with van der Waals surface area (Å²) in [6.45, 7) is 1.21. The van der Waals surface area contributed by atoms with E-state index in [2.05, 4.69) is 25.4 Å². The molecule has 0 aliphatic carbocycles. The maximum atomic E-state index is 12.4. The van der Waals surface area contributed by atoms with Crippen LogP contribution >= 0.6 is 0 Å². The summed E-state index contributed by atoms with van der Waals surface area (Å²) in [4.78, 5) is 40.0. The van der Waals surface area contributed by atoms with Crippen LogP contribution in [0.3, 0.4) is 0 Å². The van der Waals surface area contributed by atoms with E-state index in [1.165, 1.54) is 4.90 Å². The monoisotopic (exact) mass is 359 g/mol. The molecule has 10 heteroatoms. The molecule has 0 saturated carbocycles. The molecule has 0 aromatic carbocycles. The summed E-state index contributed by atoms with van der Waals surface area (Å²) in [6, 6.07) is 1.62. The number of amides is 3. The van der Waals surface area contributed by atoms with Crippen molar-refractivity contribution in [3.05, 3.63) is 24.4 Å². The fourth-order valence-electron chi connectivity index (χ4n) is 2.79. The minimum absolute atomic E-state index is 0.0769. The summed E-state index contributed by atoms with van der Waals surface area (Å²) in [5.41, 5.74) is 0. The Kier molecular flexibility index (Phi) is 5.40. The van der Waals surface area contributed by atoms with Crippen LogP contribution in [0.15, 0.2) is 23.0 Å². The maximum absolute atomic E-state index is 12.4. The summed E-state index contributed by atoms with van der Waals surface area (Å²) < 4.78 is 5.12. The molecule has 3 rings (SSSR count). The zero-order chi connectivity index (χ0) is 18.5. The standard InChI is InChI=1S/C16H21N7O3/c1-22(2)16(25)23-8-3-5-11(10-23)15(24)19-9-12-20-14(21-26-12)13-17-6-4-7-18-13/h4,6-7,11H,3,5,8-10H2,1-2H3,(H,19,24)/t11-/m1/s1. The first-order valence-electron chi connectivity index (χ1n) is 8.38. The van der Waals surface area contributed by atoms with Gasteiger partial charge in [-0.05, 0) is 18.9 Å². The van der Waals surface area contributed by atoms with Gasteiger partial charge in [0.05, 0.1) is 12.5 Å². The second kappa shape index (κ2) is 7.89. The SMILES string of the molecule is CN(C)C(=O)N1CCC[C@@H](C(=O)NCc2nc(-c3ncccn3)no2)C1. The van der Waals surface area contributed by atoms with E-state index in [1.807, 2.05) is 0 Å². The predicted octanol–water partition coefficient (Wildman–Crippen LogP) is 0.536.